The highest BCUT2D eigenvalue weighted by atomic mass is 16.6. The van der Waals surface area contributed by atoms with E-state index < -0.39 is 11.7 Å². The smallest absolute Gasteiger partial charge is 0.407 e. The average molecular weight is 378 g/mol. The molecule has 0 bridgehead atoms. The summed E-state index contributed by atoms with van der Waals surface area (Å²) < 4.78 is 16.2. The maximum absolute atomic E-state index is 12.3. The molecule has 2 amide bonds. The molecule has 0 spiro atoms. The quantitative estimate of drug-likeness (QED) is 0.756. The molecule has 1 N–H and O–H groups in total. The Morgan fingerprint density at radius 2 is 2.00 bits per heavy atom. The summed E-state index contributed by atoms with van der Waals surface area (Å²) in [6.45, 7) is 6.74. The van der Waals surface area contributed by atoms with Gasteiger partial charge in [-0.1, -0.05) is 0 Å². The predicted octanol–water partition coefficient (Wildman–Crippen LogP) is 1.63. The van der Waals surface area contributed by atoms with Crippen molar-refractivity contribution >= 4 is 18.3 Å². The van der Waals surface area contributed by atoms with Gasteiger partial charge in [-0.3, -0.25) is 9.59 Å². The van der Waals surface area contributed by atoms with Crippen LogP contribution in [0.5, 0.6) is 5.75 Å². The Morgan fingerprint density at radius 1 is 1.30 bits per heavy atom. The van der Waals surface area contributed by atoms with Crippen molar-refractivity contribution < 1.29 is 28.6 Å². The lowest BCUT2D eigenvalue weighted by Gasteiger charge is -2.33. The van der Waals surface area contributed by atoms with Crippen LogP contribution in [-0.4, -0.2) is 67.7 Å². The summed E-state index contributed by atoms with van der Waals surface area (Å²) in [5, 5.41) is 2.65. The molecule has 1 fully saturated rings. The first-order valence-corrected chi connectivity index (χ1v) is 8.81. The first-order valence-electron chi connectivity index (χ1n) is 8.81. The molecular formula is C19H26N2O6. The maximum atomic E-state index is 12.3. The Hall–Kier alpha value is -2.61. The monoisotopic (exact) mass is 378 g/mol. The predicted molar refractivity (Wildman–Crippen MR) is 97.9 cm³/mol. The topological polar surface area (TPSA) is 94.2 Å². The zero-order valence-corrected chi connectivity index (χ0v) is 15.9. The molecule has 2 rings (SSSR count). The lowest BCUT2D eigenvalue weighted by molar-refractivity contribution is -0.140. The number of amides is 2. The Kier molecular flexibility index (Phi) is 7.18. The maximum Gasteiger partial charge on any atom is 0.407 e. The largest absolute Gasteiger partial charge is 0.484 e. The molecule has 148 valence electrons. The van der Waals surface area contributed by atoms with Gasteiger partial charge in [0, 0.05) is 25.2 Å². The molecule has 1 atom stereocenters. The summed E-state index contributed by atoms with van der Waals surface area (Å²) in [6, 6.07) is 6.54. The van der Waals surface area contributed by atoms with Crippen LogP contribution in [0.4, 0.5) is 4.79 Å². The molecule has 0 aromatic heterocycles. The number of carbonyl (C=O) groups is 3. The van der Waals surface area contributed by atoms with Gasteiger partial charge in [-0.15, -0.1) is 0 Å². The number of alkyl carbamates (subject to hydrolysis) is 1. The molecule has 1 aromatic rings. The minimum Gasteiger partial charge on any atom is -0.484 e. The Bertz CT molecular complexity index is 653. The fourth-order valence-electron chi connectivity index (χ4n) is 2.46. The van der Waals surface area contributed by atoms with Crippen LogP contribution in [0.25, 0.3) is 0 Å². The van der Waals surface area contributed by atoms with E-state index in [0.29, 0.717) is 31.0 Å². The highest BCUT2D eigenvalue weighted by Gasteiger charge is 2.25. The van der Waals surface area contributed by atoms with Gasteiger partial charge < -0.3 is 24.4 Å². The van der Waals surface area contributed by atoms with Crippen LogP contribution in [0, 0.1) is 0 Å². The summed E-state index contributed by atoms with van der Waals surface area (Å²) in [5.74, 6) is 0.352. The third kappa shape index (κ3) is 7.26. The highest BCUT2D eigenvalue weighted by Crippen LogP contribution is 2.12. The zero-order valence-electron chi connectivity index (χ0n) is 15.9. The lowest BCUT2D eigenvalue weighted by atomic mass is 10.2. The van der Waals surface area contributed by atoms with Crippen molar-refractivity contribution in [2.75, 3.05) is 32.8 Å². The minimum atomic E-state index is -0.569. The fraction of sp³-hybridized carbons (Fsp3) is 0.526. The van der Waals surface area contributed by atoms with E-state index in [2.05, 4.69) is 5.32 Å². The van der Waals surface area contributed by atoms with Crippen LogP contribution in [0.2, 0.25) is 0 Å². The number of nitrogens with one attached hydrogen (secondary N) is 1. The first-order chi connectivity index (χ1) is 12.8. The molecule has 8 nitrogen and oxygen atoms in total. The summed E-state index contributed by atoms with van der Waals surface area (Å²) in [6.07, 6.45) is -0.0764. The van der Waals surface area contributed by atoms with Crippen molar-refractivity contribution in [1.29, 1.82) is 0 Å². The van der Waals surface area contributed by atoms with Crippen LogP contribution in [-0.2, 0) is 14.3 Å². The van der Waals surface area contributed by atoms with Crippen molar-refractivity contribution in [3.05, 3.63) is 29.8 Å². The SMILES string of the molecule is CC(C)(C)OC(=O)NCC1CN(C(=O)COc2ccc(C=O)cc2)CCO1. The van der Waals surface area contributed by atoms with Gasteiger partial charge in [0.05, 0.1) is 12.7 Å². The molecular weight excluding hydrogens is 352 g/mol. The lowest BCUT2D eigenvalue weighted by Crippen LogP contribution is -2.51. The molecule has 1 aliphatic rings. The molecule has 1 aliphatic heterocycles. The van der Waals surface area contributed by atoms with Crippen LogP contribution < -0.4 is 10.1 Å². The van der Waals surface area contributed by atoms with Crippen molar-refractivity contribution in [2.24, 2.45) is 0 Å². The average Bonchev–Trinajstić information content (AvgIpc) is 2.63. The van der Waals surface area contributed by atoms with Crippen LogP contribution in [0.15, 0.2) is 24.3 Å². The summed E-state index contributed by atoms with van der Waals surface area (Å²) in [5.41, 5.74) is -0.0250. The summed E-state index contributed by atoms with van der Waals surface area (Å²) in [4.78, 5) is 36.3. The first kappa shape index (κ1) is 20.7. The van der Waals surface area contributed by atoms with Crippen molar-refractivity contribution in [2.45, 2.75) is 32.5 Å². The van der Waals surface area contributed by atoms with Crippen LogP contribution in [0.3, 0.4) is 0 Å². The number of hydrogen-bond acceptors (Lipinski definition) is 6. The highest BCUT2D eigenvalue weighted by molar-refractivity contribution is 5.78. The number of nitrogens with zero attached hydrogens (tertiary/aromatic N) is 1. The van der Waals surface area contributed by atoms with E-state index in [1.54, 1.807) is 49.9 Å². The van der Waals surface area contributed by atoms with Crippen molar-refractivity contribution in [1.82, 2.24) is 10.2 Å². The molecule has 0 radical (unpaired) electrons. The van der Waals surface area contributed by atoms with E-state index in [4.69, 9.17) is 14.2 Å². The Balaban J connectivity index is 1.76. The number of hydrogen-bond donors (Lipinski definition) is 1. The summed E-state index contributed by atoms with van der Waals surface area (Å²) >= 11 is 0. The van der Waals surface area contributed by atoms with Gasteiger partial charge in [0.25, 0.3) is 5.91 Å². The van der Waals surface area contributed by atoms with Gasteiger partial charge in [-0.2, -0.15) is 0 Å². The molecule has 27 heavy (non-hydrogen) atoms. The Labute approximate surface area is 158 Å². The van der Waals surface area contributed by atoms with E-state index in [1.165, 1.54) is 0 Å². The van der Waals surface area contributed by atoms with Gasteiger partial charge in [-0.25, -0.2) is 4.79 Å². The fourth-order valence-corrected chi connectivity index (χ4v) is 2.46. The third-order valence-electron chi connectivity index (χ3n) is 3.74. The Morgan fingerprint density at radius 3 is 2.63 bits per heavy atom. The van der Waals surface area contributed by atoms with E-state index in [1.807, 2.05) is 0 Å². The van der Waals surface area contributed by atoms with E-state index >= 15 is 0 Å². The third-order valence-corrected chi connectivity index (χ3v) is 3.74. The molecule has 8 heteroatoms. The van der Waals surface area contributed by atoms with Gasteiger partial charge in [-0.05, 0) is 45.0 Å². The second kappa shape index (κ2) is 9.36. The van der Waals surface area contributed by atoms with Crippen LogP contribution >= 0.6 is 0 Å². The van der Waals surface area contributed by atoms with E-state index in [9.17, 15) is 14.4 Å². The number of rotatable bonds is 6. The molecule has 1 aromatic carbocycles. The molecule has 1 heterocycles. The van der Waals surface area contributed by atoms with Gasteiger partial charge in [0.1, 0.15) is 17.6 Å². The van der Waals surface area contributed by atoms with Crippen molar-refractivity contribution in [3.8, 4) is 5.75 Å². The summed E-state index contributed by atoms with van der Waals surface area (Å²) in [7, 11) is 0. The number of aldehydes is 1. The van der Waals surface area contributed by atoms with Crippen LogP contribution in [0.1, 0.15) is 31.1 Å². The van der Waals surface area contributed by atoms with Crippen molar-refractivity contribution in [3.63, 3.8) is 0 Å². The molecule has 0 aliphatic carbocycles. The minimum absolute atomic E-state index is 0.105. The number of morpholine rings is 1. The number of benzene rings is 1. The standard InChI is InChI=1S/C19H26N2O6/c1-19(2,3)27-18(24)20-10-16-11-21(8-9-25-16)17(23)13-26-15-6-4-14(12-22)5-7-15/h4-7,12,16H,8-11,13H2,1-3H3,(H,20,24). The molecule has 1 unspecified atom stereocenters. The van der Waals surface area contributed by atoms with Gasteiger partial charge in [0.2, 0.25) is 0 Å². The zero-order chi connectivity index (χ0) is 19.9. The normalized spacial score (nSPS) is 17.1. The van der Waals surface area contributed by atoms with Gasteiger partial charge in [0.15, 0.2) is 6.61 Å². The second-order valence-corrected chi connectivity index (χ2v) is 7.19. The van der Waals surface area contributed by atoms with E-state index in [0.717, 1.165) is 6.29 Å². The van der Waals surface area contributed by atoms with Gasteiger partial charge >= 0.3 is 6.09 Å². The second-order valence-electron chi connectivity index (χ2n) is 7.19. The van der Waals surface area contributed by atoms with E-state index in [-0.39, 0.29) is 25.2 Å². The number of ether oxygens (including phenoxy) is 3. The molecule has 1 saturated heterocycles. The number of carbonyl (C=O) groups excluding carboxylic acids is 3. The molecule has 0 saturated carbocycles.